The van der Waals surface area contributed by atoms with Gasteiger partial charge < -0.3 is 4.55 Å². The molecule has 84 valence electrons. The van der Waals surface area contributed by atoms with Crippen molar-refractivity contribution in [1.82, 2.24) is 0 Å². The molecule has 1 atom stereocenters. The highest BCUT2D eigenvalue weighted by Gasteiger charge is 2.03. The van der Waals surface area contributed by atoms with Gasteiger partial charge in [-0.05, 0) is 29.2 Å². The number of nitrogens with zero attached hydrogens (tertiary/aromatic N) is 1. The van der Waals surface area contributed by atoms with Crippen LogP contribution < -0.4 is 0 Å². The number of hydrogen-bond donors (Lipinski definition) is 0. The van der Waals surface area contributed by atoms with E-state index in [4.69, 9.17) is 0 Å². The highest BCUT2D eigenvalue weighted by Crippen LogP contribution is 2.20. The van der Waals surface area contributed by atoms with Crippen LogP contribution in [0.15, 0.2) is 35.3 Å². The van der Waals surface area contributed by atoms with Crippen molar-refractivity contribution in [1.29, 1.82) is 0 Å². The molecule has 0 spiro atoms. The van der Waals surface area contributed by atoms with Gasteiger partial charge >= 0.3 is 0 Å². The molecule has 0 saturated heterocycles. The molecule has 0 amide bonds. The molecule has 0 saturated carbocycles. The molecule has 0 bridgehead atoms. The van der Waals surface area contributed by atoms with E-state index >= 15 is 0 Å². The van der Waals surface area contributed by atoms with E-state index in [1.807, 2.05) is 36.6 Å². The van der Waals surface area contributed by atoms with Crippen LogP contribution in [0.3, 0.4) is 0 Å². The second-order valence-electron chi connectivity index (χ2n) is 3.64. The zero-order chi connectivity index (χ0) is 11.4. The predicted octanol–water partition coefficient (Wildman–Crippen LogP) is 1.92. The highest BCUT2D eigenvalue weighted by atomic mass is 32.2. The molecule has 0 fully saturated rings. The Kier molecular flexibility index (Phi) is 3.64. The zero-order valence-corrected chi connectivity index (χ0v) is 9.57. The number of aliphatic imine (C=N–C) groups is 1. The van der Waals surface area contributed by atoms with Crippen LogP contribution in [0.5, 0.6) is 0 Å². The number of hydrogen-bond acceptors (Lipinski definition) is 3. The summed E-state index contributed by atoms with van der Waals surface area (Å²) in [4.78, 5) is 4.13. The Hall–Kier alpha value is -1.26. The van der Waals surface area contributed by atoms with E-state index in [2.05, 4.69) is 4.99 Å². The summed E-state index contributed by atoms with van der Waals surface area (Å²) in [7, 11) is 0. The summed E-state index contributed by atoms with van der Waals surface area (Å²) < 4.78 is 21.1. The van der Waals surface area contributed by atoms with Gasteiger partial charge in [0.1, 0.15) is 0 Å². The van der Waals surface area contributed by atoms with Crippen LogP contribution in [0.2, 0.25) is 0 Å². The van der Waals surface area contributed by atoms with Crippen molar-refractivity contribution in [2.75, 3.05) is 6.54 Å². The van der Waals surface area contributed by atoms with E-state index in [1.165, 1.54) is 5.57 Å². The summed E-state index contributed by atoms with van der Waals surface area (Å²) in [6, 6.07) is 7.65. The van der Waals surface area contributed by atoms with Gasteiger partial charge in [0.05, 0.1) is 0 Å². The molecule has 2 rings (SSSR count). The molecule has 16 heavy (non-hydrogen) atoms. The summed E-state index contributed by atoms with van der Waals surface area (Å²) in [6.07, 6.45) is 4.77. The van der Waals surface area contributed by atoms with Crippen molar-refractivity contribution in [3.8, 4) is 0 Å². The zero-order valence-electron chi connectivity index (χ0n) is 8.76. The van der Waals surface area contributed by atoms with Gasteiger partial charge in [0.2, 0.25) is 0 Å². The second-order valence-corrected chi connectivity index (χ2v) is 4.54. The number of dihydropyridines is 1. The molecule has 1 aromatic carbocycles. The second kappa shape index (κ2) is 5.18. The summed E-state index contributed by atoms with van der Waals surface area (Å²) >= 11 is -2.01. The predicted molar refractivity (Wildman–Crippen MR) is 65.0 cm³/mol. The topological polar surface area (TPSA) is 52.5 Å². The van der Waals surface area contributed by atoms with E-state index in [-0.39, 0.29) is 5.75 Å². The minimum absolute atomic E-state index is 0.0841. The Morgan fingerprint density at radius 2 is 2.06 bits per heavy atom. The van der Waals surface area contributed by atoms with E-state index < -0.39 is 11.1 Å². The van der Waals surface area contributed by atoms with Crippen molar-refractivity contribution in [2.45, 2.75) is 12.2 Å². The molecule has 1 aromatic rings. The summed E-state index contributed by atoms with van der Waals surface area (Å²) in [5, 5.41) is 0. The van der Waals surface area contributed by atoms with Gasteiger partial charge in [-0.1, -0.05) is 35.3 Å². The summed E-state index contributed by atoms with van der Waals surface area (Å²) in [5.74, 6) is 0.0841. The Morgan fingerprint density at radius 3 is 2.62 bits per heavy atom. The third-order valence-corrected chi connectivity index (χ3v) is 3.07. The Bertz CT molecular complexity index is 449. The van der Waals surface area contributed by atoms with Gasteiger partial charge in [-0.3, -0.25) is 9.20 Å². The monoisotopic (exact) mass is 234 g/mol. The Balaban J connectivity index is 2.15. The molecule has 1 unspecified atom stereocenters. The molecule has 1 aliphatic rings. The van der Waals surface area contributed by atoms with Crippen LogP contribution >= 0.6 is 0 Å². The lowest BCUT2D eigenvalue weighted by molar-refractivity contribution is 0.536. The lowest BCUT2D eigenvalue weighted by Crippen LogP contribution is -1.96. The highest BCUT2D eigenvalue weighted by molar-refractivity contribution is 7.78. The molecular weight excluding hydrogens is 222 g/mol. The first-order valence-corrected chi connectivity index (χ1v) is 6.34. The lowest BCUT2D eigenvalue weighted by atomic mass is 10.0. The van der Waals surface area contributed by atoms with Crippen molar-refractivity contribution >= 4 is 22.9 Å². The quantitative estimate of drug-likeness (QED) is 0.750. The summed E-state index contributed by atoms with van der Waals surface area (Å²) in [5.41, 5.74) is 3.22. The van der Waals surface area contributed by atoms with Crippen LogP contribution in [0.1, 0.15) is 17.5 Å². The number of allylic oxidation sites excluding steroid dienone is 1. The van der Waals surface area contributed by atoms with Gasteiger partial charge in [0.25, 0.3) is 0 Å². The normalized spacial score (nSPS) is 16.9. The number of benzene rings is 1. The van der Waals surface area contributed by atoms with Crippen molar-refractivity contribution in [3.05, 3.63) is 41.5 Å². The molecule has 0 aliphatic carbocycles. The Morgan fingerprint density at radius 1 is 1.31 bits per heavy atom. The first-order chi connectivity index (χ1) is 7.75. The smallest absolute Gasteiger partial charge is 0.0429 e. The van der Waals surface area contributed by atoms with Gasteiger partial charge in [-0.25, -0.2) is 0 Å². The van der Waals surface area contributed by atoms with Crippen LogP contribution in [0, 0.1) is 0 Å². The maximum Gasteiger partial charge on any atom is 0.0429 e. The van der Waals surface area contributed by atoms with Crippen LogP contribution in [0.4, 0.5) is 0 Å². The van der Waals surface area contributed by atoms with Crippen molar-refractivity contribution < 1.29 is 8.76 Å². The maximum atomic E-state index is 10.5. The third-order valence-electron chi connectivity index (χ3n) is 2.50. The fraction of sp³-hybridized carbons (Fsp3) is 0.250. The lowest BCUT2D eigenvalue weighted by Gasteiger charge is -2.10. The van der Waals surface area contributed by atoms with Gasteiger partial charge in [0, 0.05) is 18.5 Å². The van der Waals surface area contributed by atoms with Gasteiger partial charge in [-0.2, -0.15) is 0 Å². The van der Waals surface area contributed by atoms with Crippen LogP contribution in [0.25, 0.3) is 5.57 Å². The fourth-order valence-electron chi connectivity index (χ4n) is 1.68. The third kappa shape index (κ3) is 2.87. The number of rotatable bonds is 3. The maximum absolute atomic E-state index is 10.5. The van der Waals surface area contributed by atoms with Gasteiger partial charge in [-0.15, -0.1) is 0 Å². The minimum atomic E-state index is -2.01. The fourth-order valence-corrected chi connectivity index (χ4v) is 2.14. The average molecular weight is 234 g/mol. The Labute approximate surface area is 97.2 Å². The minimum Gasteiger partial charge on any atom is -0.772 e. The largest absolute Gasteiger partial charge is 0.772 e. The molecule has 4 heteroatoms. The molecule has 1 aliphatic heterocycles. The van der Waals surface area contributed by atoms with Crippen molar-refractivity contribution in [3.63, 3.8) is 0 Å². The van der Waals surface area contributed by atoms with E-state index in [1.54, 1.807) is 0 Å². The average Bonchev–Trinajstić information content (AvgIpc) is 2.30. The van der Waals surface area contributed by atoms with Crippen LogP contribution in [-0.2, 0) is 16.8 Å². The SMILES string of the molecule is O=S([O-])Cc1ccc(C2=CC=NCC2)cc1. The van der Waals surface area contributed by atoms with Crippen molar-refractivity contribution in [2.24, 2.45) is 4.99 Å². The molecule has 3 nitrogen and oxygen atoms in total. The van der Waals surface area contributed by atoms with E-state index in [0.29, 0.717) is 0 Å². The molecular formula is C12H12NO2S-. The first-order valence-electron chi connectivity index (χ1n) is 5.10. The molecule has 1 heterocycles. The molecule has 0 N–H and O–H groups in total. The van der Waals surface area contributed by atoms with Crippen LogP contribution in [-0.4, -0.2) is 21.5 Å². The van der Waals surface area contributed by atoms with E-state index in [0.717, 1.165) is 24.1 Å². The first kappa shape index (κ1) is 11.2. The van der Waals surface area contributed by atoms with E-state index in [9.17, 15) is 8.76 Å². The summed E-state index contributed by atoms with van der Waals surface area (Å²) in [6.45, 7) is 0.832. The molecule has 0 radical (unpaired) electrons. The van der Waals surface area contributed by atoms with Gasteiger partial charge in [0.15, 0.2) is 0 Å². The molecule has 0 aromatic heterocycles. The standard InChI is InChI=1S/C12H13NO2S/c14-16(15)9-10-1-3-11(4-2-10)12-5-7-13-8-6-12/h1-5,7H,6,8-9H2,(H,14,15)/p-1.